The molecule has 0 aromatic heterocycles. The van der Waals surface area contributed by atoms with E-state index in [1.165, 1.54) is 12.8 Å². The Hall–Kier alpha value is -0.570. The minimum atomic E-state index is -0.638. The Morgan fingerprint density at radius 2 is 2.12 bits per heavy atom. The van der Waals surface area contributed by atoms with E-state index in [0.29, 0.717) is 12.3 Å². The number of hydrogen-bond donors (Lipinski definition) is 1. The van der Waals surface area contributed by atoms with Gasteiger partial charge in [-0.05, 0) is 43.6 Å². The van der Waals surface area contributed by atoms with Crippen molar-refractivity contribution in [2.45, 2.75) is 45.6 Å². The zero-order valence-corrected chi connectivity index (χ0v) is 10.4. The number of aliphatic carboxylic acids is 1. The molecule has 1 aliphatic heterocycles. The Labute approximate surface area is 97.8 Å². The van der Waals surface area contributed by atoms with Gasteiger partial charge in [0.25, 0.3) is 0 Å². The van der Waals surface area contributed by atoms with Gasteiger partial charge < -0.3 is 10.0 Å². The lowest BCUT2D eigenvalue weighted by Gasteiger charge is -2.43. The van der Waals surface area contributed by atoms with E-state index in [1.54, 1.807) is 0 Å². The fourth-order valence-corrected chi connectivity index (χ4v) is 3.08. The van der Waals surface area contributed by atoms with Gasteiger partial charge in [0.15, 0.2) is 0 Å². The van der Waals surface area contributed by atoms with Crippen LogP contribution in [-0.2, 0) is 4.79 Å². The van der Waals surface area contributed by atoms with E-state index in [1.807, 2.05) is 0 Å². The van der Waals surface area contributed by atoms with Crippen molar-refractivity contribution in [3.05, 3.63) is 0 Å². The summed E-state index contributed by atoms with van der Waals surface area (Å²) in [4.78, 5) is 13.2. The Morgan fingerprint density at radius 3 is 2.69 bits per heavy atom. The van der Waals surface area contributed by atoms with Crippen LogP contribution >= 0.6 is 0 Å². The van der Waals surface area contributed by atoms with Crippen molar-refractivity contribution >= 4 is 5.97 Å². The van der Waals surface area contributed by atoms with Gasteiger partial charge in [0.2, 0.25) is 0 Å². The lowest BCUT2D eigenvalue weighted by Crippen LogP contribution is -2.45. The lowest BCUT2D eigenvalue weighted by molar-refractivity contribution is -0.138. The summed E-state index contributed by atoms with van der Waals surface area (Å²) in [6.07, 6.45) is 4.10. The standard InChI is InChI=1S/C13H23NO2/c1-9(2)11-6-12(7-11)14-4-3-10(8-14)5-13(15)16/h9-12H,3-8H2,1-2H3,(H,15,16). The van der Waals surface area contributed by atoms with Crippen LogP contribution in [-0.4, -0.2) is 35.1 Å². The maximum absolute atomic E-state index is 10.6. The molecule has 1 aliphatic carbocycles. The quantitative estimate of drug-likeness (QED) is 0.797. The number of rotatable bonds is 4. The summed E-state index contributed by atoms with van der Waals surface area (Å²) in [5.41, 5.74) is 0. The van der Waals surface area contributed by atoms with Gasteiger partial charge in [0, 0.05) is 19.0 Å². The van der Waals surface area contributed by atoms with E-state index in [0.717, 1.165) is 37.4 Å². The van der Waals surface area contributed by atoms with Gasteiger partial charge in [0.1, 0.15) is 0 Å². The molecule has 0 aromatic rings. The summed E-state index contributed by atoms with van der Waals surface area (Å²) in [5, 5.41) is 8.77. The van der Waals surface area contributed by atoms with Crippen molar-refractivity contribution in [2.24, 2.45) is 17.8 Å². The second kappa shape index (κ2) is 4.74. The average Bonchev–Trinajstić information content (AvgIpc) is 2.48. The van der Waals surface area contributed by atoms with E-state index >= 15 is 0 Å². The predicted octanol–water partition coefficient (Wildman–Crippen LogP) is 2.22. The molecule has 0 radical (unpaired) electrons. The zero-order chi connectivity index (χ0) is 11.7. The summed E-state index contributed by atoms with van der Waals surface area (Å²) < 4.78 is 0. The van der Waals surface area contributed by atoms with Crippen LogP contribution in [0.1, 0.15) is 39.5 Å². The summed E-state index contributed by atoms with van der Waals surface area (Å²) in [5.74, 6) is 1.48. The van der Waals surface area contributed by atoms with Gasteiger partial charge in [0.05, 0.1) is 0 Å². The minimum absolute atomic E-state index is 0.358. The molecule has 16 heavy (non-hydrogen) atoms. The highest BCUT2D eigenvalue weighted by Gasteiger charge is 2.38. The van der Waals surface area contributed by atoms with Crippen molar-refractivity contribution in [2.75, 3.05) is 13.1 Å². The Morgan fingerprint density at radius 1 is 1.44 bits per heavy atom. The first-order chi connectivity index (χ1) is 7.56. The van der Waals surface area contributed by atoms with Crippen molar-refractivity contribution in [3.63, 3.8) is 0 Å². The maximum Gasteiger partial charge on any atom is 0.303 e. The van der Waals surface area contributed by atoms with E-state index < -0.39 is 5.97 Å². The number of hydrogen-bond acceptors (Lipinski definition) is 2. The number of likely N-dealkylation sites (tertiary alicyclic amines) is 1. The van der Waals surface area contributed by atoms with E-state index in [4.69, 9.17) is 5.11 Å². The fraction of sp³-hybridized carbons (Fsp3) is 0.923. The molecule has 3 heteroatoms. The lowest BCUT2D eigenvalue weighted by atomic mass is 9.73. The molecule has 2 rings (SSSR count). The molecule has 1 unspecified atom stereocenters. The van der Waals surface area contributed by atoms with Gasteiger partial charge >= 0.3 is 5.97 Å². The van der Waals surface area contributed by atoms with Gasteiger partial charge in [-0.1, -0.05) is 13.8 Å². The molecule has 2 fully saturated rings. The van der Waals surface area contributed by atoms with Crippen LogP contribution in [0, 0.1) is 17.8 Å². The molecular formula is C13H23NO2. The van der Waals surface area contributed by atoms with E-state index in [2.05, 4.69) is 18.7 Å². The highest BCUT2D eigenvalue weighted by molar-refractivity contribution is 5.67. The second-order valence-corrected chi connectivity index (χ2v) is 5.88. The van der Waals surface area contributed by atoms with Crippen LogP contribution in [0.25, 0.3) is 0 Å². The molecule has 3 nitrogen and oxygen atoms in total. The number of nitrogens with zero attached hydrogens (tertiary/aromatic N) is 1. The molecule has 0 spiro atoms. The smallest absolute Gasteiger partial charge is 0.303 e. The second-order valence-electron chi connectivity index (χ2n) is 5.88. The predicted molar refractivity (Wildman–Crippen MR) is 63.3 cm³/mol. The van der Waals surface area contributed by atoms with E-state index in [9.17, 15) is 4.79 Å². The Balaban J connectivity index is 1.72. The normalized spacial score (nSPS) is 35.3. The van der Waals surface area contributed by atoms with Gasteiger partial charge in [-0.2, -0.15) is 0 Å². The Kier molecular flexibility index (Phi) is 3.53. The topological polar surface area (TPSA) is 40.5 Å². The molecule has 1 saturated heterocycles. The molecule has 92 valence electrons. The largest absolute Gasteiger partial charge is 0.481 e. The number of carboxylic acid groups (broad SMARTS) is 1. The summed E-state index contributed by atoms with van der Waals surface area (Å²) in [7, 11) is 0. The number of carbonyl (C=O) groups is 1. The average molecular weight is 225 g/mol. The molecular weight excluding hydrogens is 202 g/mol. The molecule has 1 atom stereocenters. The summed E-state index contributed by atoms with van der Waals surface area (Å²) in [6.45, 7) is 6.74. The fourth-order valence-electron chi connectivity index (χ4n) is 3.08. The highest BCUT2D eigenvalue weighted by Crippen LogP contribution is 2.39. The van der Waals surface area contributed by atoms with Crippen LogP contribution in [0.15, 0.2) is 0 Å². The third kappa shape index (κ3) is 2.57. The van der Waals surface area contributed by atoms with Crippen molar-refractivity contribution in [3.8, 4) is 0 Å². The van der Waals surface area contributed by atoms with Gasteiger partial charge in [-0.3, -0.25) is 4.79 Å². The van der Waals surface area contributed by atoms with Crippen LogP contribution in [0.3, 0.4) is 0 Å². The minimum Gasteiger partial charge on any atom is -0.481 e. The summed E-state index contributed by atoms with van der Waals surface area (Å²) >= 11 is 0. The van der Waals surface area contributed by atoms with Crippen molar-refractivity contribution in [1.29, 1.82) is 0 Å². The molecule has 0 bridgehead atoms. The van der Waals surface area contributed by atoms with Gasteiger partial charge in [-0.15, -0.1) is 0 Å². The summed E-state index contributed by atoms with van der Waals surface area (Å²) in [6, 6.07) is 0.756. The first-order valence-electron chi connectivity index (χ1n) is 6.52. The molecule has 1 saturated carbocycles. The van der Waals surface area contributed by atoms with Crippen LogP contribution in [0.2, 0.25) is 0 Å². The van der Waals surface area contributed by atoms with Crippen LogP contribution < -0.4 is 0 Å². The van der Waals surface area contributed by atoms with Crippen molar-refractivity contribution in [1.82, 2.24) is 4.90 Å². The first-order valence-corrected chi connectivity index (χ1v) is 6.52. The van der Waals surface area contributed by atoms with Crippen molar-refractivity contribution < 1.29 is 9.90 Å². The molecule has 1 heterocycles. The first kappa shape index (κ1) is 11.9. The van der Waals surface area contributed by atoms with Crippen LogP contribution in [0.4, 0.5) is 0 Å². The molecule has 2 aliphatic rings. The van der Waals surface area contributed by atoms with Gasteiger partial charge in [-0.25, -0.2) is 0 Å². The molecule has 0 aromatic carbocycles. The highest BCUT2D eigenvalue weighted by atomic mass is 16.4. The third-order valence-corrected chi connectivity index (χ3v) is 4.39. The molecule has 0 amide bonds. The number of carboxylic acids is 1. The maximum atomic E-state index is 10.6. The Bertz CT molecular complexity index is 259. The monoisotopic (exact) mass is 225 g/mol. The SMILES string of the molecule is CC(C)C1CC(N2CCC(CC(=O)O)C2)C1. The van der Waals surface area contributed by atoms with E-state index in [-0.39, 0.29) is 0 Å². The molecule has 1 N–H and O–H groups in total. The third-order valence-electron chi connectivity index (χ3n) is 4.39. The zero-order valence-electron chi connectivity index (χ0n) is 10.4. The van der Waals surface area contributed by atoms with Crippen LogP contribution in [0.5, 0.6) is 0 Å².